The van der Waals surface area contributed by atoms with Crippen LogP contribution in [0.5, 0.6) is 0 Å². The predicted molar refractivity (Wildman–Crippen MR) is 94.6 cm³/mol. The predicted octanol–water partition coefficient (Wildman–Crippen LogP) is 2.02. The second-order valence-corrected chi connectivity index (χ2v) is 7.22. The number of nitrogens with two attached hydrogens (primary N) is 1. The van der Waals surface area contributed by atoms with Crippen molar-refractivity contribution in [2.24, 2.45) is 5.73 Å². The second-order valence-electron chi connectivity index (χ2n) is 6.30. The van der Waals surface area contributed by atoms with Gasteiger partial charge in [-0.05, 0) is 24.6 Å². The van der Waals surface area contributed by atoms with Crippen LogP contribution in [0.2, 0.25) is 0 Å². The lowest BCUT2D eigenvalue weighted by molar-refractivity contribution is -0.138. The van der Waals surface area contributed by atoms with E-state index in [0.29, 0.717) is 34.3 Å². The smallest absolute Gasteiger partial charge is 0.340 e. The first kappa shape index (κ1) is 16.8. The van der Waals surface area contributed by atoms with Crippen molar-refractivity contribution < 1.29 is 23.9 Å². The minimum atomic E-state index is -1.67. The summed E-state index contributed by atoms with van der Waals surface area (Å²) >= 11 is 3.39. The van der Waals surface area contributed by atoms with Crippen molar-refractivity contribution >= 4 is 39.3 Å². The summed E-state index contributed by atoms with van der Waals surface area (Å²) in [5, 5.41) is 2.77. The van der Waals surface area contributed by atoms with E-state index in [9.17, 15) is 14.4 Å². The number of allylic oxidation sites excluding steroid dienone is 1. The third kappa shape index (κ3) is 2.02. The zero-order chi connectivity index (χ0) is 18.6. The zero-order valence-electron chi connectivity index (χ0n) is 13.8. The number of Topliss-reactive ketones (excluding diaryl/α,β-unsaturated/α-hetero) is 1. The van der Waals surface area contributed by atoms with Gasteiger partial charge in [-0.1, -0.05) is 15.9 Å². The van der Waals surface area contributed by atoms with Gasteiger partial charge in [0.1, 0.15) is 16.7 Å². The van der Waals surface area contributed by atoms with Gasteiger partial charge in [-0.3, -0.25) is 9.59 Å². The fourth-order valence-electron chi connectivity index (χ4n) is 3.96. The van der Waals surface area contributed by atoms with Gasteiger partial charge in [0.2, 0.25) is 11.8 Å². The number of anilines is 1. The maximum atomic E-state index is 13.2. The van der Waals surface area contributed by atoms with Gasteiger partial charge in [-0.15, -0.1) is 0 Å². The van der Waals surface area contributed by atoms with Gasteiger partial charge in [0, 0.05) is 28.6 Å². The number of carbonyl (C=O) groups excluding carboxylic acids is 3. The highest BCUT2D eigenvalue weighted by Gasteiger charge is 2.61. The molecule has 0 bridgehead atoms. The molecular formula is C18H15BrN2O5. The van der Waals surface area contributed by atoms with Crippen molar-refractivity contribution in [1.29, 1.82) is 0 Å². The number of halogens is 1. The van der Waals surface area contributed by atoms with Crippen LogP contribution in [-0.2, 0) is 29.3 Å². The molecule has 1 aromatic rings. The second kappa shape index (κ2) is 5.70. The maximum Gasteiger partial charge on any atom is 0.340 e. The third-order valence-electron chi connectivity index (χ3n) is 4.96. The van der Waals surface area contributed by atoms with Crippen molar-refractivity contribution in [3.05, 3.63) is 51.0 Å². The van der Waals surface area contributed by atoms with E-state index in [0.717, 1.165) is 0 Å². The number of hydrogen-bond acceptors (Lipinski definition) is 6. The number of rotatable bonds is 1. The molecule has 1 atom stereocenters. The molecule has 3 aliphatic rings. The summed E-state index contributed by atoms with van der Waals surface area (Å²) in [6, 6.07) is 5.18. The van der Waals surface area contributed by atoms with Crippen molar-refractivity contribution in [3.63, 3.8) is 0 Å². The van der Waals surface area contributed by atoms with E-state index in [1.165, 1.54) is 7.11 Å². The van der Waals surface area contributed by atoms with Crippen LogP contribution >= 0.6 is 15.9 Å². The molecule has 3 N–H and O–H groups in total. The van der Waals surface area contributed by atoms with Crippen LogP contribution in [0.1, 0.15) is 24.8 Å². The van der Waals surface area contributed by atoms with E-state index >= 15 is 0 Å². The highest BCUT2D eigenvalue weighted by Crippen LogP contribution is 2.54. The minimum absolute atomic E-state index is 0.164. The largest absolute Gasteiger partial charge is 0.465 e. The Morgan fingerprint density at radius 3 is 2.85 bits per heavy atom. The van der Waals surface area contributed by atoms with E-state index in [4.69, 9.17) is 15.2 Å². The molecule has 1 spiro atoms. The SMILES string of the molecule is COC(=O)C1=C(N)OC2=C(C(=O)CCC2)[C@]12C(=O)Nc1ccc(Br)cc12. The van der Waals surface area contributed by atoms with Crippen LogP contribution in [0.15, 0.2) is 45.5 Å². The number of benzene rings is 1. The average Bonchev–Trinajstić information content (AvgIpc) is 2.87. The molecule has 4 rings (SSSR count). The summed E-state index contributed by atoms with van der Waals surface area (Å²) in [6.45, 7) is 0. The minimum Gasteiger partial charge on any atom is -0.465 e. The Labute approximate surface area is 157 Å². The van der Waals surface area contributed by atoms with Crippen molar-refractivity contribution in [2.45, 2.75) is 24.7 Å². The van der Waals surface area contributed by atoms with Gasteiger partial charge in [-0.25, -0.2) is 4.79 Å². The first-order valence-electron chi connectivity index (χ1n) is 8.06. The summed E-state index contributed by atoms with van der Waals surface area (Å²) in [4.78, 5) is 38.7. The third-order valence-corrected chi connectivity index (χ3v) is 5.45. The number of amides is 1. The first-order chi connectivity index (χ1) is 12.4. The number of hydrogen-bond donors (Lipinski definition) is 2. The summed E-state index contributed by atoms with van der Waals surface area (Å²) in [5.74, 6) is -1.43. The van der Waals surface area contributed by atoms with E-state index < -0.39 is 17.3 Å². The molecule has 0 radical (unpaired) electrons. The van der Waals surface area contributed by atoms with Crippen molar-refractivity contribution in [1.82, 2.24) is 0 Å². The van der Waals surface area contributed by atoms with Gasteiger partial charge in [-0.2, -0.15) is 0 Å². The molecule has 1 aromatic carbocycles. The molecule has 0 aromatic heterocycles. The van der Waals surface area contributed by atoms with Crippen LogP contribution < -0.4 is 11.1 Å². The molecule has 26 heavy (non-hydrogen) atoms. The van der Waals surface area contributed by atoms with Gasteiger partial charge < -0.3 is 20.5 Å². The first-order valence-corrected chi connectivity index (χ1v) is 8.85. The van der Waals surface area contributed by atoms with Gasteiger partial charge in [0.25, 0.3) is 0 Å². The normalized spacial score (nSPS) is 24.2. The standard InChI is InChI=1S/C18H15BrN2O5/c1-25-16(23)14-15(20)26-12-4-2-3-11(22)13(12)18(14)9-7-8(19)5-6-10(9)21-17(18)24/h5-7H,2-4,20H2,1H3,(H,21,24)/t18-/m0/s1. The van der Waals surface area contributed by atoms with E-state index in [-0.39, 0.29) is 29.2 Å². The Hall–Kier alpha value is -2.61. The number of ether oxygens (including phenoxy) is 2. The van der Waals surface area contributed by atoms with Crippen molar-refractivity contribution in [2.75, 3.05) is 12.4 Å². The molecule has 0 saturated carbocycles. The lowest BCUT2D eigenvalue weighted by Gasteiger charge is -2.38. The number of methoxy groups -OCH3 is 1. The average molecular weight is 419 g/mol. The van der Waals surface area contributed by atoms with Crippen LogP contribution in [0.3, 0.4) is 0 Å². The summed E-state index contributed by atoms with van der Waals surface area (Å²) < 4.78 is 11.2. The highest BCUT2D eigenvalue weighted by atomic mass is 79.9. The van der Waals surface area contributed by atoms with Crippen molar-refractivity contribution in [3.8, 4) is 0 Å². The summed E-state index contributed by atoms with van der Waals surface area (Å²) in [7, 11) is 1.19. The highest BCUT2D eigenvalue weighted by molar-refractivity contribution is 9.10. The van der Waals surface area contributed by atoms with Gasteiger partial charge in [0.05, 0.1) is 12.7 Å². The Morgan fingerprint density at radius 1 is 1.35 bits per heavy atom. The van der Waals surface area contributed by atoms with Gasteiger partial charge in [0.15, 0.2) is 5.78 Å². The Balaban J connectivity index is 2.12. The van der Waals surface area contributed by atoms with E-state index in [2.05, 4.69) is 21.2 Å². The monoisotopic (exact) mass is 418 g/mol. The van der Waals surface area contributed by atoms with Crippen LogP contribution in [0.25, 0.3) is 0 Å². The molecule has 2 heterocycles. The molecule has 7 nitrogen and oxygen atoms in total. The topological polar surface area (TPSA) is 108 Å². The number of esters is 1. The van der Waals surface area contributed by atoms with E-state index in [1.807, 2.05) is 0 Å². The fourth-order valence-corrected chi connectivity index (χ4v) is 4.32. The zero-order valence-corrected chi connectivity index (χ0v) is 15.4. The molecule has 2 aliphatic heterocycles. The molecule has 8 heteroatoms. The number of ketones is 1. The molecule has 0 fully saturated rings. The summed E-state index contributed by atoms with van der Waals surface area (Å²) in [5.41, 5.74) is 5.38. The maximum absolute atomic E-state index is 13.2. The molecule has 1 amide bonds. The lowest BCUT2D eigenvalue weighted by atomic mass is 9.65. The lowest BCUT2D eigenvalue weighted by Crippen LogP contribution is -2.49. The van der Waals surface area contributed by atoms with Crippen LogP contribution in [0.4, 0.5) is 5.69 Å². The molecule has 0 saturated heterocycles. The molecule has 134 valence electrons. The van der Waals surface area contributed by atoms with Crippen LogP contribution in [0, 0.1) is 0 Å². The Morgan fingerprint density at radius 2 is 2.12 bits per heavy atom. The Kier molecular flexibility index (Phi) is 3.69. The van der Waals surface area contributed by atoms with E-state index in [1.54, 1.807) is 18.2 Å². The number of fused-ring (bicyclic) bond motifs is 3. The molecular weight excluding hydrogens is 404 g/mol. The number of nitrogens with one attached hydrogen (secondary N) is 1. The molecule has 1 aliphatic carbocycles. The number of carbonyl (C=O) groups is 3. The molecule has 0 unspecified atom stereocenters. The Bertz CT molecular complexity index is 949. The summed E-state index contributed by atoms with van der Waals surface area (Å²) in [6.07, 6.45) is 1.34. The van der Waals surface area contributed by atoms with Crippen LogP contribution in [-0.4, -0.2) is 24.8 Å². The van der Waals surface area contributed by atoms with Gasteiger partial charge >= 0.3 is 5.97 Å². The fraction of sp³-hybridized carbons (Fsp3) is 0.278. The quantitative estimate of drug-likeness (QED) is 0.675.